The van der Waals surface area contributed by atoms with Crippen LogP contribution in [0.2, 0.25) is 0 Å². The maximum absolute atomic E-state index is 5.80. The first-order valence-corrected chi connectivity index (χ1v) is 11.2. The van der Waals surface area contributed by atoms with Crippen LogP contribution in [0.3, 0.4) is 0 Å². The van der Waals surface area contributed by atoms with E-state index in [4.69, 9.17) is 17.0 Å². The number of rotatable bonds is 6. The van der Waals surface area contributed by atoms with Crippen LogP contribution in [-0.2, 0) is 4.74 Å². The lowest BCUT2D eigenvalue weighted by molar-refractivity contribution is 0.0350. The summed E-state index contributed by atoms with van der Waals surface area (Å²) in [6.45, 7) is 5.41. The minimum atomic E-state index is 0.0185. The third kappa shape index (κ3) is 4.35. The van der Waals surface area contributed by atoms with Crippen molar-refractivity contribution < 1.29 is 4.74 Å². The summed E-state index contributed by atoms with van der Waals surface area (Å²) >= 11 is 5.80. The van der Waals surface area contributed by atoms with Crippen LogP contribution in [0.1, 0.15) is 23.3 Å². The van der Waals surface area contributed by atoms with E-state index in [0.717, 1.165) is 55.9 Å². The minimum absolute atomic E-state index is 0.0185. The highest BCUT2D eigenvalue weighted by atomic mass is 32.1. The molecule has 7 heteroatoms. The second kappa shape index (κ2) is 9.18. The molecule has 2 aromatic heterocycles. The molecule has 0 aliphatic carbocycles. The Balaban J connectivity index is 1.44. The molecule has 1 N–H and O–H groups in total. The van der Waals surface area contributed by atoms with Gasteiger partial charge in [-0.25, -0.2) is 0 Å². The molecule has 0 saturated carbocycles. The molecule has 0 spiro atoms. The smallest absolute Gasteiger partial charge is 0.170 e. The first-order chi connectivity index (χ1) is 15.3. The number of nitrogens with zero attached hydrogens (tertiary/aromatic N) is 4. The van der Waals surface area contributed by atoms with Crippen LogP contribution in [0.25, 0.3) is 5.69 Å². The topological polar surface area (TPSA) is 45.6 Å². The van der Waals surface area contributed by atoms with Crippen molar-refractivity contribution in [3.8, 4) is 5.69 Å². The van der Waals surface area contributed by atoms with E-state index < -0.39 is 0 Å². The largest absolute Gasteiger partial charge is 0.379 e. The number of aromatic nitrogens is 2. The summed E-state index contributed by atoms with van der Waals surface area (Å²) in [5, 5.41) is 4.34. The van der Waals surface area contributed by atoms with E-state index in [9.17, 15) is 0 Å². The number of thiocarbonyl (C=S) groups is 1. The maximum atomic E-state index is 5.80. The van der Waals surface area contributed by atoms with Gasteiger partial charge in [0, 0.05) is 50.5 Å². The molecule has 2 saturated heterocycles. The number of hydrogen-bond donors (Lipinski definition) is 1. The van der Waals surface area contributed by atoms with Crippen molar-refractivity contribution in [3.05, 3.63) is 84.4 Å². The van der Waals surface area contributed by atoms with E-state index in [1.807, 2.05) is 24.4 Å². The van der Waals surface area contributed by atoms with E-state index in [-0.39, 0.29) is 12.1 Å². The Bertz CT molecular complexity index is 1000. The summed E-state index contributed by atoms with van der Waals surface area (Å²) in [6.07, 6.45) is 6.19. The number of benzene rings is 1. The fraction of sp³-hybridized carbons (Fsp3) is 0.333. The predicted molar refractivity (Wildman–Crippen MR) is 125 cm³/mol. The highest BCUT2D eigenvalue weighted by Gasteiger charge is 2.40. The van der Waals surface area contributed by atoms with Gasteiger partial charge in [-0.15, -0.1) is 0 Å². The third-order valence-corrected chi connectivity index (χ3v) is 6.42. The molecule has 31 heavy (non-hydrogen) atoms. The Kier molecular flexibility index (Phi) is 5.97. The van der Waals surface area contributed by atoms with Gasteiger partial charge < -0.3 is 19.5 Å². The molecule has 0 unspecified atom stereocenters. The van der Waals surface area contributed by atoms with Gasteiger partial charge in [-0.1, -0.05) is 24.3 Å². The molecular formula is C24H27N5OS. The zero-order valence-corrected chi connectivity index (χ0v) is 18.2. The second-order valence-electron chi connectivity index (χ2n) is 7.96. The Hall–Kier alpha value is -2.74. The molecule has 0 bridgehead atoms. The lowest BCUT2D eigenvalue weighted by atomic mass is 9.99. The van der Waals surface area contributed by atoms with Gasteiger partial charge in [0.2, 0.25) is 0 Å². The molecule has 1 aromatic carbocycles. The molecular weight excluding hydrogens is 406 g/mol. The molecule has 2 aliphatic rings. The summed E-state index contributed by atoms with van der Waals surface area (Å²) in [4.78, 5) is 9.42. The standard InChI is InChI=1S/C24H27N5OS/c31-24-26-22(21-8-4-5-10-25-21)23(29(24)13-12-27-14-16-30-17-15-27)19-9-11-28(18-19)20-6-2-1-3-7-20/h1-11,18,22-23H,12-17H2,(H,26,31)/t22-,23+/m0/s1. The van der Waals surface area contributed by atoms with E-state index in [2.05, 4.69) is 73.5 Å². The van der Waals surface area contributed by atoms with Gasteiger partial charge in [-0.3, -0.25) is 9.88 Å². The summed E-state index contributed by atoms with van der Waals surface area (Å²) < 4.78 is 7.67. The van der Waals surface area contributed by atoms with Crippen molar-refractivity contribution in [1.82, 2.24) is 24.7 Å². The molecule has 4 heterocycles. The van der Waals surface area contributed by atoms with Crippen LogP contribution in [0, 0.1) is 0 Å². The summed E-state index contributed by atoms with van der Waals surface area (Å²) in [5.74, 6) is 0. The van der Waals surface area contributed by atoms with Gasteiger partial charge in [-0.2, -0.15) is 0 Å². The van der Waals surface area contributed by atoms with E-state index in [1.165, 1.54) is 5.56 Å². The highest BCUT2D eigenvalue weighted by molar-refractivity contribution is 7.80. The number of ether oxygens (including phenoxy) is 1. The van der Waals surface area contributed by atoms with Crippen molar-refractivity contribution >= 4 is 17.3 Å². The van der Waals surface area contributed by atoms with Crippen molar-refractivity contribution in [1.29, 1.82) is 0 Å². The quantitative estimate of drug-likeness (QED) is 0.603. The fourth-order valence-corrected chi connectivity index (χ4v) is 4.76. The van der Waals surface area contributed by atoms with Crippen molar-refractivity contribution in [2.45, 2.75) is 12.1 Å². The van der Waals surface area contributed by atoms with Crippen LogP contribution >= 0.6 is 12.2 Å². The number of hydrogen-bond acceptors (Lipinski definition) is 4. The summed E-state index contributed by atoms with van der Waals surface area (Å²) in [5.41, 5.74) is 3.39. The summed E-state index contributed by atoms with van der Waals surface area (Å²) in [7, 11) is 0. The van der Waals surface area contributed by atoms with Gasteiger partial charge in [0.1, 0.15) is 0 Å². The molecule has 2 aliphatic heterocycles. The third-order valence-electron chi connectivity index (χ3n) is 6.07. The second-order valence-corrected chi connectivity index (χ2v) is 8.35. The van der Waals surface area contributed by atoms with Crippen molar-refractivity contribution in [2.24, 2.45) is 0 Å². The van der Waals surface area contributed by atoms with Crippen LogP contribution in [0.4, 0.5) is 0 Å². The monoisotopic (exact) mass is 433 g/mol. The van der Waals surface area contributed by atoms with Crippen molar-refractivity contribution in [3.63, 3.8) is 0 Å². The molecule has 0 radical (unpaired) electrons. The van der Waals surface area contributed by atoms with E-state index in [0.29, 0.717) is 0 Å². The van der Waals surface area contributed by atoms with Crippen LogP contribution in [0.15, 0.2) is 73.2 Å². The van der Waals surface area contributed by atoms with E-state index >= 15 is 0 Å². The molecule has 2 fully saturated rings. The minimum Gasteiger partial charge on any atom is -0.379 e. The normalized spacial score (nSPS) is 21.9. The van der Waals surface area contributed by atoms with Gasteiger partial charge in [-0.05, 0) is 48.1 Å². The number of morpholine rings is 1. The Labute approximate surface area is 188 Å². The lowest BCUT2D eigenvalue weighted by Crippen LogP contribution is -2.42. The zero-order valence-electron chi connectivity index (χ0n) is 17.4. The van der Waals surface area contributed by atoms with Gasteiger partial charge in [0.05, 0.1) is 31.0 Å². The maximum Gasteiger partial charge on any atom is 0.170 e. The Morgan fingerprint density at radius 1 is 1.00 bits per heavy atom. The number of nitrogens with one attached hydrogen (secondary N) is 1. The number of pyridine rings is 1. The molecule has 6 nitrogen and oxygen atoms in total. The molecule has 2 atom stereocenters. The first-order valence-electron chi connectivity index (χ1n) is 10.8. The molecule has 160 valence electrons. The first kappa shape index (κ1) is 20.2. The lowest BCUT2D eigenvalue weighted by Gasteiger charge is -2.31. The fourth-order valence-electron chi connectivity index (χ4n) is 4.43. The van der Waals surface area contributed by atoms with Gasteiger partial charge >= 0.3 is 0 Å². The Morgan fingerprint density at radius 3 is 2.58 bits per heavy atom. The van der Waals surface area contributed by atoms with Crippen LogP contribution in [-0.4, -0.2) is 63.9 Å². The zero-order chi connectivity index (χ0) is 21.0. The van der Waals surface area contributed by atoms with Crippen LogP contribution < -0.4 is 5.32 Å². The molecule has 3 aromatic rings. The average molecular weight is 434 g/mol. The molecule has 5 rings (SSSR count). The van der Waals surface area contributed by atoms with E-state index in [1.54, 1.807) is 0 Å². The average Bonchev–Trinajstić information content (AvgIpc) is 3.44. The highest BCUT2D eigenvalue weighted by Crippen LogP contribution is 2.38. The van der Waals surface area contributed by atoms with Crippen molar-refractivity contribution in [2.75, 3.05) is 39.4 Å². The SMILES string of the molecule is S=C1N[C@@H](c2ccccn2)[C@@H](c2ccn(-c3ccccc3)c2)N1CCN1CCOCC1. The predicted octanol–water partition coefficient (Wildman–Crippen LogP) is 3.18. The number of para-hydroxylation sites is 1. The van der Waals surface area contributed by atoms with Crippen LogP contribution in [0.5, 0.6) is 0 Å². The van der Waals surface area contributed by atoms with Gasteiger partial charge in [0.25, 0.3) is 0 Å². The summed E-state index contributed by atoms with van der Waals surface area (Å²) in [6, 6.07) is 18.8. The van der Waals surface area contributed by atoms with Gasteiger partial charge in [0.15, 0.2) is 5.11 Å². The molecule has 0 amide bonds. The Morgan fingerprint density at radius 2 is 1.81 bits per heavy atom.